The minimum Gasteiger partial charge on any atom is -0.494 e. The average molecular weight is 358 g/mol. The lowest BCUT2D eigenvalue weighted by Crippen LogP contribution is -2.32. The molecule has 0 saturated heterocycles. The van der Waals surface area contributed by atoms with E-state index in [0.717, 1.165) is 24.3 Å². The number of ether oxygens (including phenoxy) is 2. The molecule has 0 aliphatic carbocycles. The summed E-state index contributed by atoms with van der Waals surface area (Å²) in [7, 11) is 0. The van der Waals surface area contributed by atoms with E-state index >= 15 is 0 Å². The number of primary amides is 1. The second kappa shape index (κ2) is 10.4. The first kappa shape index (κ1) is 19.8. The van der Waals surface area contributed by atoms with Crippen molar-refractivity contribution in [2.45, 2.75) is 19.4 Å². The number of aliphatic hydroxyl groups excluding tert-OH is 1. The van der Waals surface area contributed by atoms with Crippen molar-refractivity contribution in [2.24, 2.45) is 5.73 Å². The highest BCUT2D eigenvalue weighted by molar-refractivity contribution is 5.92. The molecule has 6 heteroatoms. The van der Waals surface area contributed by atoms with Crippen LogP contribution in [0.2, 0.25) is 0 Å². The molecule has 0 heterocycles. The molecule has 0 saturated carbocycles. The van der Waals surface area contributed by atoms with Gasteiger partial charge in [-0.1, -0.05) is 18.2 Å². The van der Waals surface area contributed by atoms with Gasteiger partial charge in [0.05, 0.1) is 6.61 Å². The van der Waals surface area contributed by atoms with Gasteiger partial charge in [-0.3, -0.25) is 4.79 Å². The molecule has 26 heavy (non-hydrogen) atoms. The number of rotatable bonds is 11. The largest absolute Gasteiger partial charge is 0.494 e. The third-order valence-electron chi connectivity index (χ3n) is 3.81. The average Bonchev–Trinajstić information content (AvgIpc) is 2.64. The number of carbonyl (C=O) groups excluding carboxylic acids is 1. The van der Waals surface area contributed by atoms with Crippen LogP contribution in [-0.2, 0) is 0 Å². The maximum absolute atomic E-state index is 11.0. The van der Waals surface area contributed by atoms with Gasteiger partial charge >= 0.3 is 0 Å². The number of aliphatic hydroxyl groups is 1. The van der Waals surface area contributed by atoms with Crippen molar-refractivity contribution in [1.82, 2.24) is 5.32 Å². The summed E-state index contributed by atoms with van der Waals surface area (Å²) in [5.41, 5.74) is 6.70. The van der Waals surface area contributed by atoms with Crippen molar-refractivity contribution in [3.63, 3.8) is 0 Å². The summed E-state index contributed by atoms with van der Waals surface area (Å²) in [5.74, 6) is 1.04. The molecule has 0 aromatic heterocycles. The summed E-state index contributed by atoms with van der Waals surface area (Å²) < 4.78 is 11.2. The lowest BCUT2D eigenvalue weighted by molar-refractivity contribution is 0.1000. The van der Waals surface area contributed by atoms with E-state index in [9.17, 15) is 9.90 Å². The zero-order chi connectivity index (χ0) is 18.8. The van der Waals surface area contributed by atoms with Crippen LogP contribution in [0.4, 0.5) is 0 Å². The van der Waals surface area contributed by atoms with Gasteiger partial charge in [0.15, 0.2) is 0 Å². The van der Waals surface area contributed by atoms with E-state index in [0.29, 0.717) is 24.5 Å². The Labute approximate surface area is 153 Å². The van der Waals surface area contributed by atoms with E-state index in [1.807, 2.05) is 31.2 Å². The minimum absolute atomic E-state index is 0.251. The van der Waals surface area contributed by atoms with Crippen LogP contribution in [0.25, 0.3) is 0 Å². The highest BCUT2D eigenvalue weighted by Crippen LogP contribution is 2.16. The lowest BCUT2D eigenvalue weighted by Gasteiger charge is -2.14. The Morgan fingerprint density at radius 1 is 1.15 bits per heavy atom. The SMILES string of the molecule is Cc1ccccc1OC[C@@H](O)CNCCCOc1ccc(C(N)=O)cc1. The van der Waals surface area contributed by atoms with E-state index in [4.69, 9.17) is 15.2 Å². The summed E-state index contributed by atoms with van der Waals surface area (Å²) in [6.45, 7) is 3.95. The van der Waals surface area contributed by atoms with Crippen LogP contribution in [0.15, 0.2) is 48.5 Å². The number of para-hydroxylation sites is 1. The molecule has 2 rings (SSSR count). The van der Waals surface area contributed by atoms with Gasteiger partial charge in [-0.05, 0) is 55.8 Å². The number of nitrogens with one attached hydrogen (secondary N) is 1. The molecule has 2 aromatic carbocycles. The van der Waals surface area contributed by atoms with Crippen molar-refractivity contribution in [3.05, 3.63) is 59.7 Å². The Hall–Kier alpha value is -2.57. The predicted octanol–water partition coefficient (Wildman–Crippen LogP) is 1.89. The number of benzene rings is 2. The fourth-order valence-electron chi connectivity index (χ4n) is 2.33. The normalized spacial score (nSPS) is 11.8. The molecule has 4 N–H and O–H groups in total. The van der Waals surface area contributed by atoms with Crippen LogP contribution in [0.1, 0.15) is 22.3 Å². The van der Waals surface area contributed by atoms with Crippen LogP contribution in [-0.4, -0.2) is 43.4 Å². The van der Waals surface area contributed by atoms with Gasteiger partial charge in [0.25, 0.3) is 0 Å². The van der Waals surface area contributed by atoms with Crippen molar-refractivity contribution >= 4 is 5.91 Å². The second-order valence-electron chi connectivity index (χ2n) is 6.03. The Balaban J connectivity index is 1.54. The van der Waals surface area contributed by atoms with Gasteiger partial charge in [0.1, 0.15) is 24.2 Å². The number of aryl methyl sites for hydroxylation is 1. The first-order valence-corrected chi connectivity index (χ1v) is 8.66. The molecular weight excluding hydrogens is 332 g/mol. The lowest BCUT2D eigenvalue weighted by atomic mass is 10.2. The fourth-order valence-corrected chi connectivity index (χ4v) is 2.33. The Bertz CT molecular complexity index is 688. The molecular formula is C20H26N2O4. The zero-order valence-electron chi connectivity index (χ0n) is 15.0. The van der Waals surface area contributed by atoms with Gasteiger partial charge in [0, 0.05) is 12.1 Å². The van der Waals surface area contributed by atoms with E-state index < -0.39 is 12.0 Å². The molecule has 6 nitrogen and oxygen atoms in total. The maximum atomic E-state index is 11.0. The predicted molar refractivity (Wildman–Crippen MR) is 101 cm³/mol. The molecule has 140 valence electrons. The van der Waals surface area contributed by atoms with Crippen molar-refractivity contribution in [1.29, 1.82) is 0 Å². The highest BCUT2D eigenvalue weighted by atomic mass is 16.5. The molecule has 0 aliphatic rings. The quantitative estimate of drug-likeness (QED) is 0.533. The summed E-state index contributed by atoms with van der Waals surface area (Å²) >= 11 is 0. The number of hydrogen-bond donors (Lipinski definition) is 3. The van der Waals surface area contributed by atoms with Gasteiger partial charge in [-0.15, -0.1) is 0 Å². The van der Waals surface area contributed by atoms with Gasteiger partial charge < -0.3 is 25.6 Å². The van der Waals surface area contributed by atoms with Crippen LogP contribution in [0.5, 0.6) is 11.5 Å². The van der Waals surface area contributed by atoms with Gasteiger partial charge in [0.2, 0.25) is 5.91 Å². The molecule has 0 spiro atoms. The monoisotopic (exact) mass is 358 g/mol. The molecule has 0 aliphatic heterocycles. The molecule has 1 atom stereocenters. The summed E-state index contributed by atoms with van der Waals surface area (Å²) in [4.78, 5) is 11.0. The Morgan fingerprint density at radius 2 is 1.88 bits per heavy atom. The van der Waals surface area contributed by atoms with E-state index in [1.54, 1.807) is 24.3 Å². The second-order valence-corrected chi connectivity index (χ2v) is 6.03. The van der Waals surface area contributed by atoms with Crippen LogP contribution < -0.4 is 20.5 Å². The number of nitrogens with two attached hydrogens (primary N) is 1. The smallest absolute Gasteiger partial charge is 0.248 e. The van der Waals surface area contributed by atoms with Crippen LogP contribution in [0, 0.1) is 6.92 Å². The van der Waals surface area contributed by atoms with E-state index in [1.165, 1.54) is 0 Å². The zero-order valence-corrected chi connectivity index (χ0v) is 15.0. The topological polar surface area (TPSA) is 93.8 Å². The molecule has 0 radical (unpaired) electrons. The summed E-state index contributed by atoms with van der Waals surface area (Å²) in [6.07, 6.45) is 0.222. The molecule has 1 amide bonds. The van der Waals surface area contributed by atoms with Crippen LogP contribution in [0.3, 0.4) is 0 Å². The number of carbonyl (C=O) groups is 1. The fraction of sp³-hybridized carbons (Fsp3) is 0.350. The molecule has 2 aromatic rings. The van der Waals surface area contributed by atoms with Crippen molar-refractivity contribution < 1.29 is 19.4 Å². The maximum Gasteiger partial charge on any atom is 0.248 e. The third kappa shape index (κ3) is 6.74. The Kier molecular flexibility index (Phi) is 7.92. The minimum atomic E-state index is -0.572. The number of hydrogen-bond acceptors (Lipinski definition) is 5. The number of amides is 1. The van der Waals surface area contributed by atoms with Crippen molar-refractivity contribution in [3.8, 4) is 11.5 Å². The highest BCUT2D eigenvalue weighted by Gasteiger charge is 2.06. The molecule has 0 fully saturated rings. The molecule has 0 bridgehead atoms. The van der Waals surface area contributed by atoms with Gasteiger partial charge in [-0.2, -0.15) is 0 Å². The summed E-state index contributed by atoms with van der Waals surface area (Å²) in [5, 5.41) is 13.1. The van der Waals surface area contributed by atoms with E-state index in [2.05, 4.69) is 5.32 Å². The van der Waals surface area contributed by atoms with Crippen LogP contribution >= 0.6 is 0 Å². The first-order valence-electron chi connectivity index (χ1n) is 8.66. The Morgan fingerprint density at radius 3 is 2.58 bits per heavy atom. The molecule has 0 unspecified atom stereocenters. The standard InChI is InChI=1S/C20H26N2O4/c1-15-5-2-3-6-19(15)26-14-17(23)13-22-11-4-12-25-18-9-7-16(8-10-18)20(21)24/h2-3,5-10,17,22-23H,4,11-14H2,1H3,(H2,21,24)/t17-/m0/s1. The van der Waals surface area contributed by atoms with Gasteiger partial charge in [-0.25, -0.2) is 0 Å². The first-order chi connectivity index (χ1) is 12.6. The third-order valence-corrected chi connectivity index (χ3v) is 3.81. The van der Waals surface area contributed by atoms with Crippen molar-refractivity contribution in [2.75, 3.05) is 26.3 Å². The van der Waals surface area contributed by atoms with E-state index in [-0.39, 0.29) is 6.61 Å². The summed E-state index contributed by atoms with van der Waals surface area (Å²) in [6, 6.07) is 14.5.